The Kier molecular flexibility index (Phi) is 4.96. The Morgan fingerprint density at radius 1 is 1.14 bits per heavy atom. The van der Waals surface area contributed by atoms with E-state index in [1.165, 1.54) is 0 Å². The number of hydrogen-bond acceptors (Lipinski definition) is 4. The lowest BCUT2D eigenvalue weighted by Crippen LogP contribution is -2.58. The summed E-state index contributed by atoms with van der Waals surface area (Å²) in [5.74, 6) is 0.636. The zero-order valence-electron chi connectivity index (χ0n) is 16.8. The average molecular weight is 392 g/mol. The summed E-state index contributed by atoms with van der Waals surface area (Å²) in [4.78, 5) is 33.6. The van der Waals surface area contributed by atoms with Gasteiger partial charge in [0.1, 0.15) is 24.0 Å². The van der Waals surface area contributed by atoms with Gasteiger partial charge in [0.2, 0.25) is 11.8 Å². The van der Waals surface area contributed by atoms with Crippen molar-refractivity contribution in [3.05, 3.63) is 65.6 Å². The predicted molar refractivity (Wildman–Crippen MR) is 108 cm³/mol. The number of rotatable bonds is 5. The fraction of sp³-hybridized carbons (Fsp3) is 0.318. The number of piperazine rings is 1. The number of aromatic nitrogens is 2. The van der Waals surface area contributed by atoms with Gasteiger partial charge in [-0.05, 0) is 43.2 Å². The van der Waals surface area contributed by atoms with Crippen LogP contribution in [0, 0.1) is 6.92 Å². The van der Waals surface area contributed by atoms with E-state index in [9.17, 15) is 9.59 Å². The summed E-state index contributed by atoms with van der Waals surface area (Å²) in [6, 6.07) is 11.0. The maximum absolute atomic E-state index is 12.9. The van der Waals surface area contributed by atoms with Gasteiger partial charge >= 0.3 is 0 Å². The number of carbonyl (C=O) groups excluding carboxylic acids is 2. The van der Waals surface area contributed by atoms with E-state index in [-0.39, 0.29) is 18.4 Å². The zero-order valence-corrected chi connectivity index (χ0v) is 16.8. The summed E-state index contributed by atoms with van der Waals surface area (Å²) < 4.78 is 7.11. The van der Waals surface area contributed by atoms with Gasteiger partial charge in [-0.25, -0.2) is 4.98 Å². The van der Waals surface area contributed by atoms with Crippen molar-refractivity contribution in [1.82, 2.24) is 19.2 Å². The molecule has 1 aromatic carbocycles. The van der Waals surface area contributed by atoms with Crippen LogP contribution in [0.15, 0.2) is 48.8 Å². The average Bonchev–Trinajstić information content (AvgIpc) is 3.14. The molecular formula is C22H24N4O3. The highest BCUT2D eigenvalue weighted by atomic mass is 16.5. The van der Waals surface area contributed by atoms with Crippen molar-refractivity contribution in [2.45, 2.75) is 33.0 Å². The molecule has 0 saturated carbocycles. The molecule has 3 aromatic rings. The number of benzene rings is 1. The van der Waals surface area contributed by atoms with Crippen LogP contribution in [-0.2, 0) is 22.7 Å². The standard InChI is InChI=1S/C22H24N4O3/c1-15-5-4-10-24-12-18(23-21(15)24)13-26-16(2)22(28)25(14-20(26)27)11-17-6-8-19(29-3)9-7-17/h4-10,12,16H,11,13-14H2,1-3H3/t16-/m0/s1. The second-order valence-electron chi connectivity index (χ2n) is 7.39. The lowest BCUT2D eigenvalue weighted by molar-refractivity contribution is -0.156. The first kappa shape index (κ1) is 19.0. The summed E-state index contributed by atoms with van der Waals surface area (Å²) in [6.45, 7) is 4.58. The first-order valence-electron chi connectivity index (χ1n) is 9.60. The topological polar surface area (TPSA) is 67.2 Å². The number of hydrogen-bond donors (Lipinski definition) is 0. The molecule has 7 heteroatoms. The van der Waals surface area contributed by atoms with Crippen molar-refractivity contribution in [3.63, 3.8) is 0 Å². The minimum absolute atomic E-state index is 0.0552. The van der Waals surface area contributed by atoms with Crippen LogP contribution in [0.1, 0.15) is 23.7 Å². The Balaban J connectivity index is 1.48. The SMILES string of the molecule is COc1ccc(CN2CC(=O)N(Cc3cn4cccc(C)c4n3)[C@@H](C)C2=O)cc1. The first-order chi connectivity index (χ1) is 14.0. The normalized spacial score (nSPS) is 17.3. The number of nitrogens with zero attached hydrogens (tertiary/aromatic N) is 4. The maximum Gasteiger partial charge on any atom is 0.245 e. The molecule has 0 unspecified atom stereocenters. The largest absolute Gasteiger partial charge is 0.497 e. The molecule has 0 N–H and O–H groups in total. The number of pyridine rings is 1. The van der Waals surface area contributed by atoms with E-state index >= 15 is 0 Å². The zero-order chi connectivity index (χ0) is 20.5. The molecule has 2 aromatic heterocycles. The number of imidazole rings is 1. The second kappa shape index (κ2) is 7.58. The molecule has 4 rings (SSSR count). The molecule has 0 spiro atoms. The van der Waals surface area contributed by atoms with Gasteiger partial charge in [-0.3, -0.25) is 9.59 Å². The first-order valence-corrected chi connectivity index (χ1v) is 9.60. The molecule has 0 aliphatic carbocycles. The molecule has 1 saturated heterocycles. The fourth-order valence-electron chi connectivity index (χ4n) is 3.71. The highest BCUT2D eigenvalue weighted by Crippen LogP contribution is 2.20. The van der Waals surface area contributed by atoms with Gasteiger partial charge in [0.05, 0.1) is 19.3 Å². The summed E-state index contributed by atoms with van der Waals surface area (Å²) in [5, 5.41) is 0. The van der Waals surface area contributed by atoms with E-state index in [0.29, 0.717) is 13.1 Å². The highest BCUT2D eigenvalue weighted by molar-refractivity contribution is 5.94. The number of ether oxygens (including phenoxy) is 1. The molecule has 1 aliphatic rings. The van der Waals surface area contributed by atoms with E-state index in [0.717, 1.165) is 28.2 Å². The smallest absolute Gasteiger partial charge is 0.245 e. The van der Waals surface area contributed by atoms with Crippen LogP contribution >= 0.6 is 0 Å². The third kappa shape index (κ3) is 3.68. The van der Waals surface area contributed by atoms with Gasteiger partial charge in [0, 0.05) is 18.9 Å². The summed E-state index contributed by atoms with van der Waals surface area (Å²) in [6.07, 6.45) is 3.85. The van der Waals surface area contributed by atoms with E-state index < -0.39 is 6.04 Å². The monoisotopic (exact) mass is 392 g/mol. The molecule has 150 valence electrons. The Hall–Kier alpha value is -3.35. The maximum atomic E-state index is 12.9. The van der Waals surface area contributed by atoms with E-state index in [1.54, 1.807) is 23.8 Å². The third-order valence-corrected chi connectivity index (χ3v) is 5.38. The third-order valence-electron chi connectivity index (χ3n) is 5.38. The number of methoxy groups -OCH3 is 1. The molecule has 7 nitrogen and oxygen atoms in total. The molecular weight excluding hydrogens is 368 g/mol. The molecule has 29 heavy (non-hydrogen) atoms. The van der Waals surface area contributed by atoms with Crippen LogP contribution in [0.25, 0.3) is 5.65 Å². The van der Waals surface area contributed by atoms with Crippen molar-refractivity contribution in [2.75, 3.05) is 13.7 Å². The number of aryl methyl sites for hydroxylation is 1. The van der Waals surface area contributed by atoms with Crippen molar-refractivity contribution in [1.29, 1.82) is 0 Å². The second-order valence-corrected chi connectivity index (χ2v) is 7.39. The summed E-state index contributed by atoms with van der Waals surface area (Å²) in [7, 11) is 1.61. The van der Waals surface area contributed by atoms with Crippen LogP contribution in [0.3, 0.4) is 0 Å². The van der Waals surface area contributed by atoms with Crippen LogP contribution in [-0.4, -0.2) is 50.7 Å². The van der Waals surface area contributed by atoms with Gasteiger partial charge < -0.3 is 18.9 Å². The summed E-state index contributed by atoms with van der Waals surface area (Å²) in [5.41, 5.74) is 3.67. The van der Waals surface area contributed by atoms with Crippen LogP contribution < -0.4 is 4.74 Å². The Morgan fingerprint density at radius 2 is 1.90 bits per heavy atom. The van der Waals surface area contributed by atoms with Gasteiger partial charge in [0.25, 0.3) is 0 Å². The lowest BCUT2D eigenvalue weighted by atomic mass is 10.1. The van der Waals surface area contributed by atoms with Crippen LogP contribution in [0.2, 0.25) is 0 Å². The molecule has 2 amide bonds. The van der Waals surface area contributed by atoms with E-state index in [2.05, 4.69) is 4.98 Å². The Morgan fingerprint density at radius 3 is 2.59 bits per heavy atom. The molecule has 1 atom stereocenters. The van der Waals surface area contributed by atoms with Crippen molar-refractivity contribution >= 4 is 17.5 Å². The minimum Gasteiger partial charge on any atom is -0.497 e. The molecule has 0 radical (unpaired) electrons. The van der Waals surface area contributed by atoms with E-state index in [1.807, 2.05) is 60.1 Å². The van der Waals surface area contributed by atoms with Crippen molar-refractivity contribution < 1.29 is 14.3 Å². The Labute approximate surface area is 169 Å². The lowest BCUT2D eigenvalue weighted by Gasteiger charge is -2.38. The molecule has 1 aliphatic heterocycles. The highest BCUT2D eigenvalue weighted by Gasteiger charge is 2.36. The minimum atomic E-state index is -0.527. The predicted octanol–water partition coefficient (Wildman–Crippen LogP) is 2.41. The molecule has 1 fully saturated rings. The van der Waals surface area contributed by atoms with Crippen LogP contribution in [0.5, 0.6) is 5.75 Å². The number of fused-ring (bicyclic) bond motifs is 1. The molecule has 0 bridgehead atoms. The van der Waals surface area contributed by atoms with Gasteiger partial charge in [-0.1, -0.05) is 18.2 Å². The number of carbonyl (C=O) groups is 2. The van der Waals surface area contributed by atoms with Gasteiger partial charge in [0.15, 0.2) is 0 Å². The Bertz CT molecular complexity index is 1060. The van der Waals surface area contributed by atoms with Crippen LogP contribution in [0.4, 0.5) is 0 Å². The van der Waals surface area contributed by atoms with Gasteiger partial charge in [-0.15, -0.1) is 0 Å². The fourth-order valence-corrected chi connectivity index (χ4v) is 3.71. The molecule has 3 heterocycles. The van der Waals surface area contributed by atoms with Gasteiger partial charge in [-0.2, -0.15) is 0 Å². The van der Waals surface area contributed by atoms with Crippen molar-refractivity contribution in [3.8, 4) is 5.75 Å². The van der Waals surface area contributed by atoms with Crippen molar-refractivity contribution in [2.24, 2.45) is 0 Å². The quantitative estimate of drug-likeness (QED) is 0.669. The number of amides is 2. The summed E-state index contributed by atoms with van der Waals surface area (Å²) >= 11 is 0. The van der Waals surface area contributed by atoms with E-state index in [4.69, 9.17) is 4.74 Å².